The molecule has 2 aromatic heterocycles. The lowest BCUT2D eigenvalue weighted by molar-refractivity contribution is 0.0927. The molecule has 1 aromatic carbocycles. The minimum absolute atomic E-state index is 0.124. The van der Waals surface area contributed by atoms with Gasteiger partial charge < -0.3 is 14.6 Å². The van der Waals surface area contributed by atoms with E-state index in [1.54, 1.807) is 24.1 Å². The Kier molecular flexibility index (Phi) is 4.77. The molecule has 24 heavy (non-hydrogen) atoms. The highest BCUT2D eigenvalue weighted by atomic mass is 16.5. The van der Waals surface area contributed by atoms with E-state index in [1.165, 1.54) is 0 Å². The van der Waals surface area contributed by atoms with Crippen LogP contribution >= 0.6 is 0 Å². The van der Waals surface area contributed by atoms with Crippen LogP contribution in [0.25, 0.3) is 5.69 Å². The molecule has 0 aliphatic rings. The van der Waals surface area contributed by atoms with Crippen LogP contribution in [0.4, 0.5) is 0 Å². The topological polar surface area (TPSA) is 61.1 Å². The number of aromatic nitrogens is 3. The molecule has 124 valence electrons. The zero-order chi connectivity index (χ0) is 16.9. The second-order valence-electron chi connectivity index (χ2n) is 5.54. The fourth-order valence-electron chi connectivity index (χ4n) is 2.50. The van der Waals surface area contributed by atoms with Gasteiger partial charge in [-0.3, -0.25) is 4.79 Å². The number of nitrogens with zero attached hydrogens (tertiary/aromatic N) is 3. The number of ether oxygens (including phenoxy) is 1. The number of methoxy groups -OCH3 is 1. The van der Waals surface area contributed by atoms with Crippen molar-refractivity contribution in [3.63, 3.8) is 0 Å². The zero-order valence-electron chi connectivity index (χ0n) is 13.7. The summed E-state index contributed by atoms with van der Waals surface area (Å²) in [6.45, 7) is 2.28. The Morgan fingerprint density at radius 3 is 2.75 bits per heavy atom. The summed E-state index contributed by atoms with van der Waals surface area (Å²) in [7, 11) is 1.58. The van der Waals surface area contributed by atoms with Crippen LogP contribution in [0.1, 0.15) is 29.0 Å². The molecule has 0 saturated carbocycles. The zero-order valence-corrected chi connectivity index (χ0v) is 13.7. The molecular weight excluding hydrogens is 304 g/mol. The van der Waals surface area contributed by atoms with Gasteiger partial charge in [0.05, 0.1) is 6.04 Å². The smallest absolute Gasteiger partial charge is 0.272 e. The summed E-state index contributed by atoms with van der Waals surface area (Å²) in [5.41, 5.74) is 2.47. The van der Waals surface area contributed by atoms with E-state index in [9.17, 15) is 4.79 Å². The largest absolute Gasteiger partial charge is 0.362 e. The maximum atomic E-state index is 12.3. The molecule has 1 amide bonds. The Balaban J connectivity index is 1.71. The van der Waals surface area contributed by atoms with E-state index in [0.29, 0.717) is 12.4 Å². The molecule has 0 aliphatic carbocycles. The van der Waals surface area contributed by atoms with Gasteiger partial charge in [-0.1, -0.05) is 12.1 Å². The van der Waals surface area contributed by atoms with E-state index in [-0.39, 0.29) is 11.9 Å². The van der Waals surface area contributed by atoms with Crippen LogP contribution in [0.3, 0.4) is 0 Å². The monoisotopic (exact) mass is 324 g/mol. The lowest BCUT2D eigenvalue weighted by Gasteiger charge is -2.15. The number of amides is 1. The molecule has 2 heterocycles. The van der Waals surface area contributed by atoms with Gasteiger partial charge in [0.15, 0.2) is 0 Å². The minimum atomic E-state index is -0.205. The molecular formula is C18H20N4O2. The van der Waals surface area contributed by atoms with Crippen LogP contribution in [0.2, 0.25) is 0 Å². The van der Waals surface area contributed by atoms with Gasteiger partial charge in [0.2, 0.25) is 0 Å². The SMILES string of the molecule is COCn1ccc(C(=O)NC(C)c2cccc(-n3cccc3)c2)n1. The van der Waals surface area contributed by atoms with Crippen molar-refractivity contribution in [1.29, 1.82) is 0 Å². The molecule has 3 aromatic rings. The summed E-state index contributed by atoms with van der Waals surface area (Å²) in [5, 5.41) is 7.16. The number of carbonyl (C=O) groups is 1. The van der Waals surface area contributed by atoms with Crippen LogP contribution in [-0.4, -0.2) is 27.4 Å². The third-order valence-electron chi connectivity index (χ3n) is 3.76. The van der Waals surface area contributed by atoms with Gasteiger partial charge in [0.1, 0.15) is 12.4 Å². The molecule has 0 radical (unpaired) electrons. The van der Waals surface area contributed by atoms with Gasteiger partial charge in [0.25, 0.3) is 5.91 Å². The Hall–Kier alpha value is -2.86. The van der Waals surface area contributed by atoms with E-state index < -0.39 is 0 Å². The molecule has 1 N–H and O–H groups in total. The molecule has 0 bridgehead atoms. The third-order valence-corrected chi connectivity index (χ3v) is 3.76. The van der Waals surface area contributed by atoms with Crippen molar-refractivity contribution in [2.45, 2.75) is 19.7 Å². The Morgan fingerprint density at radius 1 is 1.21 bits per heavy atom. The molecule has 1 atom stereocenters. The second-order valence-corrected chi connectivity index (χ2v) is 5.54. The Labute approximate surface area is 140 Å². The van der Waals surface area contributed by atoms with Crippen molar-refractivity contribution in [2.75, 3.05) is 7.11 Å². The number of nitrogens with one attached hydrogen (secondary N) is 1. The summed E-state index contributed by atoms with van der Waals surface area (Å²) in [4.78, 5) is 12.3. The highest BCUT2D eigenvalue weighted by molar-refractivity contribution is 5.92. The van der Waals surface area contributed by atoms with E-state index >= 15 is 0 Å². The molecule has 3 rings (SSSR count). The Morgan fingerprint density at radius 2 is 2.00 bits per heavy atom. The molecule has 0 saturated heterocycles. The lowest BCUT2D eigenvalue weighted by atomic mass is 10.1. The Bertz CT molecular complexity index is 808. The number of rotatable bonds is 6. The molecule has 1 unspecified atom stereocenters. The van der Waals surface area contributed by atoms with Gasteiger partial charge >= 0.3 is 0 Å². The minimum Gasteiger partial charge on any atom is -0.362 e. The first kappa shape index (κ1) is 16.0. The van der Waals surface area contributed by atoms with Crippen LogP contribution in [0, 0.1) is 0 Å². The van der Waals surface area contributed by atoms with Crippen molar-refractivity contribution in [3.8, 4) is 5.69 Å². The summed E-state index contributed by atoms with van der Waals surface area (Å²) in [5.74, 6) is -0.205. The number of benzene rings is 1. The van der Waals surface area contributed by atoms with Crippen molar-refractivity contribution in [1.82, 2.24) is 19.7 Å². The average molecular weight is 324 g/mol. The first-order chi connectivity index (χ1) is 11.7. The first-order valence-electron chi connectivity index (χ1n) is 7.74. The number of hydrogen-bond donors (Lipinski definition) is 1. The summed E-state index contributed by atoms with van der Waals surface area (Å²) in [6.07, 6.45) is 5.70. The quantitative estimate of drug-likeness (QED) is 0.758. The average Bonchev–Trinajstić information content (AvgIpc) is 3.27. The van der Waals surface area contributed by atoms with E-state index in [4.69, 9.17) is 4.74 Å². The van der Waals surface area contributed by atoms with Gasteiger partial charge in [-0.15, -0.1) is 0 Å². The van der Waals surface area contributed by atoms with Crippen LogP contribution in [-0.2, 0) is 11.5 Å². The summed E-state index contributed by atoms with van der Waals surface area (Å²) < 4.78 is 8.59. The van der Waals surface area contributed by atoms with Crippen LogP contribution in [0.15, 0.2) is 61.1 Å². The highest BCUT2D eigenvalue weighted by Gasteiger charge is 2.14. The molecule has 0 fully saturated rings. The fourth-order valence-corrected chi connectivity index (χ4v) is 2.50. The van der Waals surface area contributed by atoms with E-state index in [0.717, 1.165) is 11.3 Å². The summed E-state index contributed by atoms with van der Waals surface area (Å²) in [6, 6.07) is 13.6. The second kappa shape index (κ2) is 7.14. The van der Waals surface area contributed by atoms with Crippen LogP contribution < -0.4 is 5.32 Å². The number of hydrogen-bond acceptors (Lipinski definition) is 3. The van der Waals surface area contributed by atoms with E-state index in [1.807, 2.05) is 54.2 Å². The first-order valence-corrected chi connectivity index (χ1v) is 7.74. The van der Waals surface area contributed by atoms with Gasteiger partial charge in [-0.25, -0.2) is 4.68 Å². The number of carbonyl (C=O) groups excluding carboxylic acids is 1. The summed E-state index contributed by atoms with van der Waals surface area (Å²) >= 11 is 0. The molecule has 0 aliphatic heterocycles. The van der Waals surface area contributed by atoms with Gasteiger partial charge in [0, 0.05) is 31.4 Å². The normalized spacial score (nSPS) is 12.1. The standard InChI is InChI=1S/C18H20N4O2/c1-14(19-18(23)17-8-11-22(20-17)13-24-2)15-6-5-7-16(12-15)21-9-3-4-10-21/h3-12,14H,13H2,1-2H3,(H,19,23). The highest BCUT2D eigenvalue weighted by Crippen LogP contribution is 2.17. The maximum Gasteiger partial charge on any atom is 0.272 e. The predicted molar refractivity (Wildman–Crippen MR) is 90.9 cm³/mol. The predicted octanol–water partition coefficient (Wildman–Crippen LogP) is 2.77. The third kappa shape index (κ3) is 3.55. The fraction of sp³-hybridized carbons (Fsp3) is 0.222. The van der Waals surface area contributed by atoms with Crippen molar-refractivity contribution in [3.05, 3.63) is 72.3 Å². The van der Waals surface area contributed by atoms with E-state index in [2.05, 4.69) is 16.5 Å². The van der Waals surface area contributed by atoms with Crippen molar-refractivity contribution < 1.29 is 9.53 Å². The van der Waals surface area contributed by atoms with Crippen LogP contribution in [0.5, 0.6) is 0 Å². The van der Waals surface area contributed by atoms with Gasteiger partial charge in [-0.2, -0.15) is 5.10 Å². The maximum absolute atomic E-state index is 12.3. The van der Waals surface area contributed by atoms with Crippen molar-refractivity contribution >= 4 is 5.91 Å². The van der Waals surface area contributed by atoms with Crippen molar-refractivity contribution in [2.24, 2.45) is 0 Å². The molecule has 6 nitrogen and oxygen atoms in total. The molecule has 0 spiro atoms. The lowest BCUT2D eigenvalue weighted by Crippen LogP contribution is -2.27. The van der Waals surface area contributed by atoms with Gasteiger partial charge in [-0.05, 0) is 42.8 Å². The molecule has 6 heteroatoms.